The minimum absolute atomic E-state index is 0.00413. The molecular weight excluding hydrogens is 308 g/mol. The van der Waals surface area contributed by atoms with Crippen LogP contribution in [0, 0.1) is 11.8 Å². The van der Waals surface area contributed by atoms with Gasteiger partial charge in [-0.1, -0.05) is 13.8 Å². The maximum absolute atomic E-state index is 12.2. The van der Waals surface area contributed by atoms with Crippen LogP contribution in [0.4, 0.5) is 5.69 Å². The fourth-order valence-corrected chi connectivity index (χ4v) is 2.64. The number of amides is 2. The van der Waals surface area contributed by atoms with E-state index in [4.69, 9.17) is 9.47 Å². The molecule has 6 heteroatoms. The molecular formula is C18H26N2O4. The largest absolute Gasteiger partial charge is 0.492 e. The van der Waals surface area contributed by atoms with Crippen LogP contribution in [0.3, 0.4) is 0 Å². The number of hydrogen-bond acceptors (Lipinski definition) is 4. The second kappa shape index (κ2) is 8.68. The predicted molar refractivity (Wildman–Crippen MR) is 92.1 cm³/mol. The Kier molecular flexibility index (Phi) is 6.61. The van der Waals surface area contributed by atoms with Crippen LogP contribution < -0.4 is 15.4 Å². The molecule has 0 saturated carbocycles. The molecule has 2 amide bonds. The highest BCUT2D eigenvalue weighted by Gasteiger charge is 2.26. The number of methoxy groups -OCH3 is 1. The van der Waals surface area contributed by atoms with Gasteiger partial charge >= 0.3 is 0 Å². The summed E-state index contributed by atoms with van der Waals surface area (Å²) in [6.45, 7) is 5.36. The Morgan fingerprint density at radius 2 is 2.17 bits per heavy atom. The van der Waals surface area contributed by atoms with Gasteiger partial charge < -0.3 is 20.1 Å². The van der Waals surface area contributed by atoms with Gasteiger partial charge in [-0.3, -0.25) is 9.59 Å². The molecule has 0 radical (unpaired) electrons. The summed E-state index contributed by atoms with van der Waals surface area (Å²) >= 11 is 0. The molecule has 1 aromatic rings. The van der Waals surface area contributed by atoms with E-state index in [2.05, 4.69) is 10.6 Å². The molecule has 1 heterocycles. The molecule has 132 valence electrons. The number of hydrogen-bond donors (Lipinski definition) is 2. The molecule has 1 aromatic carbocycles. The SMILES string of the molecule is COCCNC(=O)C1COc2ccc(NC(=O)CC(C)C)cc2C1. The van der Waals surface area contributed by atoms with Gasteiger partial charge in [-0.05, 0) is 36.1 Å². The number of nitrogens with one attached hydrogen (secondary N) is 2. The van der Waals surface area contributed by atoms with E-state index >= 15 is 0 Å². The van der Waals surface area contributed by atoms with Gasteiger partial charge in [0.1, 0.15) is 12.4 Å². The summed E-state index contributed by atoms with van der Waals surface area (Å²) in [5.41, 5.74) is 1.68. The fraction of sp³-hybridized carbons (Fsp3) is 0.556. The first kappa shape index (κ1) is 18.3. The van der Waals surface area contributed by atoms with Gasteiger partial charge in [-0.15, -0.1) is 0 Å². The number of anilines is 1. The molecule has 1 aliphatic heterocycles. The lowest BCUT2D eigenvalue weighted by Crippen LogP contribution is -2.38. The van der Waals surface area contributed by atoms with Crippen LogP contribution in [0.2, 0.25) is 0 Å². The van der Waals surface area contributed by atoms with E-state index in [9.17, 15) is 9.59 Å². The number of ether oxygens (including phenoxy) is 2. The predicted octanol–water partition coefficient (Wildman–Crippen LogP) is 1.98. The summed E-state index contributed by atoms with van der Waals surface area (Å²) in [5.74, 6) is 0.822. The molecule has 0 fully saturated rings. The Labute approximate surface area is 142 Å². The van der Waals surface area contributed by atoms with Crippen molar-refractivity contribution in [2.45, 2.75) is 26.7 Å². The maximum atomic E-state index is 12.2. The molecule has 1 unspecified atom stereocenters. The molecule has 1 aliphatic rings. The number of fused-ring (bicyclic) bond motifs is 1. The molecule has 0 saturated heterocycles. The van der Waals surface area contributed by atoms with Crippen molar-refractivity contribution in [3.63, 3.8) is 0 Å². The first-order valence-corrected chi connectivity index (χ1v) is 8.31. The van der Waals surface area contributed by atoms with Gasteiger partial charge in [0.05, 0.1) is 12.5 Å². The number of benzene rings is 1. The van der Waals surface area contributed by atoms with Crippen LogP contribution in [-0.2, 0) is 20.7 Å². The van der Waals surface area contributed by atoms with Crippen molar-refractivity contribution in [3.8, 4) is 5.75 Å². The lowest BCUT2D eigenvalue weighted by molar-refractivity contribution is -0.126. The summed E-state index contributed by atoms with van der Waals surface area (Å²) in [5, 5.41) is 5.74. The normalized spacial score (nSPS) is 16.2. The first-order valence-electron chi connectivity index (χ1n) is 8.31. The van der Waals surface area contributed by atoms with Crippen molar-refractivity contribution < 1.29 is 19.1 Å². The van der Waals surface area contributed by atoms with Gasteiger partial charge in [-0.25, -0.2) is 0 Å². The molecule has 2 N–H and O–H groups in total. The fourth-order valence-electron chi connectivity index (χ4n) is 2.64. The van der Waals surface area contributed by atoms with Crippen LogP contribution in [-0.4, -0.2) is 38.7 Å². The first-order chi connectivity index (χ1) is 11.5. The summed E-state index contributed by atoms with van der Waals surface area (Å²) in [7, 11) is 1.60. The number of carbonyl (C=O) groups is 2. The highest BCUT2D eigenvalue weighted by molar-refractivity contribution is 5.91. The van der Waals surface area contributed by atoms with Crippen LogP contribution in [0.15, 0.2) is 18.2 Å². The van der Waals surface area contributed by atoms with Crippen LogP contribution >= 0.6 is 0 Å². The third-order valence-corrected chi connectivity index (χ3v) is 3.82. The van der Waals surface area contributed by atoms with Crippen LogP contribution in [0.5, 0.6) is 5.75 Å². The Bertz CT molecular complexity index is 586. The number of rotatable bonds is 7. The minimum Gasteiger partial charge on any atom is -0.492 e. The molecule has 0 bridgehead atoms. The molecule has 2 rings (SSSR count). The maximum Gasteiger partial charge on any atom is 0.226 e. The molecule has 0 aromatic heterocycles. The number of carbonyl (C=O) groups excluding carboxylic acids is 2. The van der Waals surface area contributed by atoms with E-state index in [1.165, 1.54) is 0 Å². The average Bonchev–Trinajstić information content (AvgIpc) is 2.53. The summed E-state index contributed by atoms with van der Waals surface area (Å²) in [6.07, 6.45) is 1.08. The van der Waals surface area contributed by atoms with Gasteiger partial charge in [0, 0.05) is 25.8 Å². The Balaban J connectivity index is 1.97. The van der Waals surface area contributed by atoms with Crippen molar-refractivity contribution >= 4 is 17.5 Å². The molecule has 0 aliphatic carbocycles. The van der Waals surface area contributed by atoms with Crippen LogP contribution in [0.25, 0.3) is 0 Å². The Morgan fingerprint density at radius 1 is 1.38 bits per heavy atom. The summed E-state index contributed by atoms with van der Waals surface area (Å²) in [4.78, 5) is 24.0. The average molecular weight is 334 g/mol. The third kappa shape index (κ3) is 5.23. The zero-order chi connectivity index (χ0) is 17.5. The second-order valence-electron chi connectivity index (χ2n) is 6.46. The van der Waals surface area contributed by atoms with Crippen molar-refractivity contribution in [2.75, 3.05) is 32.2 Å². The smallest absolute Gasteiger partial charge is 0.226 e. The van der Waals surface area contributed by atoms with E-state index in [0.717, 1.165) is 17.0 Å². The zero-order valence-electron chi connectivity index (χ0n) is 14.6. The van der Waals surface area contributed by atoms with Crippen molar-refractivity contribution in [1.29, 1.82) is 0 Å². The molecule has 6 nitrogen and oxygen atoms in total. The van der Waals surface area contributed by atoms with Gasteiger partial charge in [0.15, 0.2) is 0 Å². The van der Waals surface area contributed by atoms with Gasteiger partial charge in [-0.2, -0.15) is 0 Å². The van der Waals surface area contributed by atoms with Crippen molar-refractivity contribution in [2.24, 2.45) is 11.8 Å². The van der Waals surface area contributed by atoms with E-state index in [1.54, 1.807) is 7.11 Å². The third-order valence-electron chi connectivity index (χ3n) is 3.82. The minimum atomic E-state index is -0.226. The van der Waals surface area contributed by atoms with Crippen molar-refractivity contribution in [3.05, 3.63) is 23.8 Å². The molecule has 0 spiro atoms. The van der Waals surface area contributed by atoms with Crippen molar-refractivity contribution in [1.82, 2.24) is 5.32 Å². The summed E-state index contributed by atoms with van der Waals surface area (Å²) in [6, 6.07) is 5.57. The van der Waals surface area contributed by atoms with E-state index < -0.39 is 0 Å². The van der Waals surface area contributed by atoms with E-state index in [-0.39, 0.29) is 17.7 Å². The van der Waals surface area contributed by atoms with E-state index in [1.807, 2.05) is 32.0 Å². The zero-order valence-corrected chi connectivity index (χ0v) is 14.6. The highest BCUT2D eigenvalue weighted by Crippen LogP contribution is 2.30. The molecule has 1 atom stereocenters. The highest BCUT2D eigenvalue weighted by atomic mass is 16.5. The second-order valence-corrected chi connectivity index (χ2v) is 6.46. The lowest BCUT2D eigenvalue weighted by atomic mass is 9.95. The van der Waals surface area contributed by atoms with Gasteiger partial charge in [0.2, 0.25) is 11.8 Å². The van der Waals surface area contributed by atoms with Gasteiger partial charge in [0.25, 0.3) is 0 Å². The monoisotopic (exact) mass is 334 g/mol. The van der Waals surface area contributed by atoms with E-state index in [0.29, 0.717) is 38.5 Å². The summed E-state index contributed by atoms with van der Waals surface area (Å²) < 4.78 is 10.6. The lowest BCUT2D eigenvalue weighted by Gasteiger charge is -2.25. The quantitative estimate of drug-likeness (QED) is 0.748. The Hall–Kier alpha value is -2.08. The standard InChI is InChI=1S/C18H26N2O4/c1-12(2)8-17(21)20-15-4-5-16-13(10-15)9-14(11-24-16)18(22)19-6-7-23-3/h4-5,10,12,14H,6-9,11H2,1-3H3,(H,19,22)(H,20,21). The topological polar surface area (TPSA) is 76.7 Å². The Morgan fingerprint density at radius 3 is 2.88 bits per heavy atom. The van der Waals surface area contributed by atoms with Crippen LogP contribution in [0.1, 0.15) is 25.8 Å². The molecule has 24 heavy (non-hydrogen) atoms.